The lowest BCUT2D eigenvalue weighted by Crippen LogP contribution is -2.36. The SMILES string of the molecule is CC(CO)(CO)C(=O)OCc1ccc2ccc3cccc4ccc1c2c34. The summed E-state index contributed by atoms with van der Waals surface area (Å²) in [7, 11) is 0. The van der Waals surface area contributed by atoms with Crippen LogP contribution in [0.25, 0.3) is 32.3 Å². The number of benzene rings is 4. The van der Waals surface area contributed by atoms with Crippen LogP contribution in [-0.2, 0) is 16.1 Å². The second-order valence-electron chi connectivity index (χ2n) is 7.03. The molecule has 0 radical (unpaired) electrons. The van der Waals surface area contributed by atoms with Gasteiger partial charge in [0, 0.05) is 0 Å². The lowest BCUT2D eigenvalue weighted by atomic mass is 9.92. The average molecular weight is 348 g/mol. The summed E-state index contributed by atoms with van der Waals surface area (Å²) in [5, 5.41) is 25.6. The maximum atomic E-state index is 12.2. The predicted octanol–water partition coefficient (Wildman–Crippen LogP) is 3.62. The summed E-state index contributed by atoms with van der Waals surface area (Å²) in [6, 6.07) is 18.6. The van der Waals surface area contributed by atoms with Gasteiger partial charge in [-0.3, -0.25) is 4.79 Å². The predicted molar refractivity (Wildman–Crippen MR) is 102 cm³/mol. The van der Waals surface area contributed by atoms with Gasteiger partial charge in [-0.25, -0.2) is 0 Å². The number of carbonyl (C=O) groups excluding carboxylic acids is 1. The van der Waals surface area contributed by atoms with E-state index in [1.54, 1.807) is 0 Å². The summed E-state index contributed by atoms with van der Waals surface area (Å²) < 4.78 is 5.41. The average Bonchev–Trinajstić information content (AvgIpc) is 2.70. The molecule has 2 N–H and O–H groups in total. The fourth-order valence-corrected chi connectivity index (χ4v) is 3.42. The molecule has 4 aromatic rings. The summed E-state index contributed by atoms with van der Waals surface area (Å²) in [5.41, 5.74) is -0.383. The van der Waals surface area contributed by atoms with E-state index < -0.39 is 24.6 Å². The highest BCUT2D eigenvalue weighted by Gasteiger charge is 2.33. The van der Waals surface area contributed by atoms with Gasteiger partial charge in [0.1, 0.15) is 12.0 Å². The smallest absolute Gasteiger partial charge is 0.316 e. The molecule has 26 heavy (non-hydrogen) atoms. The summed E-state index contributed by atoms with van der Waals surface area (Å²) >= 11 is 0. The van der Waals surface area contributed by atoms with Gasteiger partial charge >= 0.3 is 5.97 Å². The van der Waals surface area contributed by atoms with Gasteiger partial charge in [0.05, 0.1) is 13.2 Å². The van der Waals surface area contributed by atoms with Crippen LogP contribution in [0, 0.1) is 5.41 Å². The van der Waals surface area contributed by atoms with Gasteiger partial charge in [-0.05, 0) is 44.8 Å². The van der Waals surface area contributed by atoms with Crippen LogP contribution in [0.5, 0.6) is 0 Å². The van der Waals surface area contributed by atoms with Gasteiger partial charge in [0.15, 0.2) is 0 Å². The van der Waals surface area contributed by atoms with Crippen molar-refractivity contribution in [2.24, 2.45) is 5.41 Å². The van der Waals surface area contributed by atoms with Gasteiger partial charge in [-0.15, -0.1) is 0 Å². The molecule has 0 aliphatic carbocycles. The Bertz CT molecular complexity index is 1080. The molecular formula is C22H20O4. The zero-order valence-electron chi connectivity index (χ0n) is 14.5. The van der Waals surface area contributed by atoms with Gasteiger partial charge in [0.2, 0.25) is 0 Å². The summed E-state index contributed by atoms with van der Waals surface area (Å²) in [4.78, 5) is 12.2. The van der Waals surface area contributed by atoms with Crippen LogP contribution in [0.3, 0.4) is 0 Å². The van der Waals surface area contributed by atoms with E-state index in [1.165, 1.54) is 28.5 Å². The van der Waals surface area contributed by atoms with Crippen LogP contribution in [0.4, 0.5) is 0 Å². The Morgan fingerprint density at radius 2 is 1.46 bits per heavy atom. The number of hydrogen-bond acceptors (Lipinski definition) is 4. The molecule has 0 aliphatic heterocycles. The quantitative estimate of drug-likeness (QED) is 0.427. The molecule has 4 aromatic carbocycles. The zero-order chi connectivity index (χ0) is 18.3. The van der Waals surface area contributed by atoms with Crippen LogP contribution in [0.15, 0.2) is 54.6 Å². The molecule has 4 heteroatoms. The van der Waals surface area contributed by atoms with E-state index in [2.05, 4.69) is 42.5 Å². The standard InChI is InChI=1S/C22H20O4/c1-22(12-23,13-24)21(25)26-11-17-8-7-16-6-5-14-3-2-4-15-9-10-18(17)20(16)19(14)15/h2-10,23-24H,11-13H2,1H3. The third-order valence-electron chi connectivity index (χ3n) is 5.17. The Morgan fingerprint density at radius 3 is 2.12 bits per heavy atom. The largest absolute Gasteiger partial charge is 0.460 e. The minimum absolute atomic E-state index is 0.0998. The first-order valence-electron chi connectivity index (χ1n) is 8.62. The molecule has 0 unspecified atom stereocenters. The highest BCUT2D eigenvalue weighted by atomic mass is 16.5. The Kier molecular flexibility index (Phi) is 4.02. The molecule has 0 spiro atoms. The number of hydrogen-bond donors (Lipinski definition) is 2. The Balaban J connectivity index is 1.78. The summed E-state index contributed by atoms with van der Waals surface area (Å²) in [6.07, 6.45) is 0. The van der Waals surface area contributed by atoms with Crippen molar-refractivity contribution in [2.45, 2.75) is 13.5 Å². The first kappa shape index (κ1) is 16.8. The summed E-state index contributed by atoms with van der Waals surface area (Å²) in [5.74, 6) is -0.604. The lowest BCUT2D eigenvalue weighted by molar-refractivity contribution is -0.161. The van der Waals surface area contributed by atoms with Crippen LogP contribution in [-0.4, -0.2) is 29.4 Å². The Labute approximate surface area is 151 Å². The third-order valence-corrected chi connectivity index (χ3v) is 5.17. The molecule has 4 rings (SSSR count). The minimum Gasteiger partial charge on any atom is -0.460 e. The Hall–Kier alpha value is -2.69. The monoisotopic (exact) mass is 348 g/mol. The lowest BCUT2D eigenvalue weighted by Gasteiger charge is -2.22. The van der Waals surface area contributed by atoms with Gasteiger partial charge < -0.3 is 14.9 Å². The minimum atomic E-state index is -1.29. The van der Waals surface area contributed by atoms with E-state index in [-0.39, 0.29) is 6.61 Å². The fourth-order valence-electron chi connectivity index (χ4n) is 3.42. The topological polar surface area (TPSA) is 66.8 Å². The van der Waals surface area contributed by atoms with E-state index in [0.29, 0.717) is 0 Å². The van der Waals surface area contributed by atoms with Crippen molar-refractivity contribution in [3.05, 3.63) is 60.2 Å². The zero-order valence-corrected chi connectivity index (χ0v) is 14.5. The van der Waals surface area contributed by atoms with Crippen LogP contribution in [0.1, 0.15) is 12.5 Å². The number of rotatable bonds is 5. The maximum Gasteiger partial charge on any atom is 0.316 e. The molecular weight excluding hydrogens is 328 g/mol. The molecule has 0 aliphatic rings. The third kappa shape index (κ3) is 2.50. The van der Waals surface area contributed by atoms with Crippen molar-refractivity contribution >= 4 is 38.3 Å². The van der Waals surface area contributed by atoms with Crippen molar-refractivity contribution < 1.29 is 19.7 Å². The molecule has 132 valence electrons. The maximum absolute atomic E-state index is 12.2. The van der Waals surface area contributed by atoms with Crippen LogP contribution < -0.4 is 0 Å². The molecule has 0 atom stereocenters. The number of esters is 1. The van der Waals surface area contributed by atoms with Crippen molar-refractivity contribution in [1.82, 2.24) is 0 Å². The Morgan fingerprint density at radius 1 is 0.885 bits per heavy atom. The number of ether oxygens (including phenoxy) is 1. The van der Waals surface area contributed by atoms with Crippen LogP contribution >= 0.6 is 0 Å². The normalized spacial score (nSPS) is 12.3. The second kappa shape index (κ2) is 6.24. The van der Waals surface area contributed by atoms with Crippen LogP contribution in [0.2, 0.25) is 0 Å². The van der Waals surface area contributed by atoms with Gasteiger partial charge in [-0.1, -0.05) is 54.6 Å². The number of carbonyl (C=O) groups is 1. The molecule has 0 fully saturated rings. The highest BCUT2D eigenvalue weighted by Crippen LogP contribution is 2.36. The second-order valence-corrected chi connectivity index (χ2v) is 7.03. The fraction of sp³-hybridized carbons (Fsp3) is 0.227. The first-order valence-corrected chi connectivity index (χ1v) is 8.62. The molecule has 0 saturated carbocycles. The molecule has 0 bridgehead atoms. The molecule has 0 amide bonds. The van der Waals surface area contributed by atoms with Crippen molar-refractivity contribution in [1.29, 1.82) is 0 Å². The highest BCUT2D eigenvalue weighted by molar-refractivity contribution is 6.23. The number of aliphatic hydroxyl groups is 2. The molecule has 0 saturated heterocycles. The van der Waals surface area contributed by atoms with Crippen molar-refractivity contribution in [3.63, 3.8) is 0 Å². The summed E-state index contributed by atoms with van der Waals surface area (Å²) in [6.45, 7) is 0.670. The van der Waals surface area contributed by atoms with E-state index >= 15 is 0 Å². The first-order chi connectivity index (χ1) is 12.6. The van der Waals surface area contributed by atoms with E-state index in [4.69, 9.17) is 4.74 Å². The molecule has 0 aromatic heterocycles. The molecule has 4 nitrogen and oxygen atoms in total. The molecule has 0 heterocycles. The van der Waals surface area contributed by atoms with Gasteiger partial charge in [0.25, 0.3) is 0 Å². The van der Waals surface area contributed by atoms with E-state index in [1.807, 2.05) is 12.1 Å². The van der Waals surface area contributed by atoms with Gasteiger partial charge in [-0.2, -0.15) is 0 Å². The number of aliphatic hydroxyl groups excluding tert-OH is 2. The van der Waals surface area contributed by atoms with Crippen molar-refractivity contribution in [3.8, 4) is 0 Å². The van der Waals surface area contributed by atoms with Crippen molar-refractivity contribution in [2.75, 3.05) is 13.2 Å². The van der Waals surface area contributed by atoms with E-state index in [0.717, 1.165) is 16.3 Å². The van der Waals surface area contributed by atoms with E-state index in [9.17, 15) is 15.0 Å².